The number of carbonyl (C=O) groups excluding carboxylic acids is 1. The van der Waals surface area contributed by atoms with Crippen molar-refractivity contribution in [3.05, 3.63) is 23.7 Å². The molecule has 0 amide bonds. The van der Waals surface area contributed by atoms with Gasteiger partial charge >= 0.3 is 5.97 Å². The minimum Gasteiger partial charge on any atom is -0.458 e. The molecule has 1 aromatic rings. The van der Waals surface area contributed by atoms with Crippen molar-refractivity contribution < 1.29 is 22.4 Å². The molecule has 0 radical (unpaired) electrons. The average Bonchev–Trinajstić information content (AvgIpc) is 2.77. The van der Waals surface area contributed by atoms with Crippen LogP contribution in [-0.4, -0.2) is 57.0 Å². The summed E-state index contributed by atoms with van der Waals surface area (Å²) < 4.78 is 32.6. The topological polar surface area (TPSA) is 76.8 Å². The molecule has 6 nitrogen and oxygen atoms in total. The summed E-state index contributed by atoms with van der Waals surface area (Å²) in [5.41, 5.74) is 0.745. The number of rotatable bonds is 4. The summed E-state index contributed by atoms with van der Waals surface area (Å²) in [6.07, 6.45) is 1.45. The van der Waals surface area contributed by atoms with Crippen LogP contribution < -0.4 is 0 Å². The number of sulfone groups is 1. The van der Waals surface area contributed by atoms with Gasteiger partial charge in [0.25, 0.3) is 0 Å². The van der Waals surface area contributed by atoms with Gasteiger partial charge in [-0.25, -0.2) is 13.2 Å². The summed E-state index contributed by atoms with van der Waals surface area (Å²) in [6.45, 7) is 3.55. The van der Waals surface area contributed by atoms with Crippen LogP contribution in [0.3, 0.4) is 0 Å². The Morgan fingerprint density at radius 1 is 1.42 bits per heavy atom. The first kappa shape index (κ1) is 14.1. The molecule has 0 N–H and O–H groups in total. The lowest BCUT2D eigenvalue weighted by Crippen LogP contribution is -2.41. The molecular weight excluding hydrogens is 270 g/mol. The Labute approximate surface area is 112 Å². The van der Waals surface area contributed by atoms with E-state index in [4.69, 9.17) is 9.15 Å². The van der Waals surface area contributed by atoms with E-state index in [1.165, 1.54) is 6.26 Å². The van der Waals surface area contributed by atoms with Crippen LogP contribution in [0, 0.1) is 6.92 Å². The Balaban J connectivity index is 1.73. The van der Waals surface area contributed by atoms with Crippen molar-refractivity contribution in [2.75, 3.05) is 37.7 Å². The molecule has 0 atom stereocenters. The van der Waals surface area contributed by atoms with Crippen molar-refractivity contribution >= 4 is 15.8 Å². The van der Waals surface area contributed by atoms with Crippen LogP contribution in [0.1, 0.15) is 16.1 Å². The summed E-state index contributed by atoms with van der Waals surface area (Å²) in [7, 11) is -2.86. The van der Waals surface area contributed by atoms with Crippen LogP contribution in [0.4, 0.5) is 0 Å². The molecule has 0 bridgehead atoms. The zero-order chi connectivity index (χ0) is 13.9. The smallest absolute Gasteiger partial charge is 0.374 e. The molecule has 0 unspecified atom stereocenters. The Kier molecular flexibility index (Phi) is 4.26. The summed E-state index contributed by atoms with van der Waals surface area (Å²) in [4.78, 5) is 13.6. The van der Waals surface area contributed by atoms with Crippen LogP contribution in [-0.2, 0) is 14.6 Å². The van der Waals surface area contributed by atoms with Gasteiger partial charge in [0.1, 0.15) is 6.61 Å². The maximum absolute atomic E-state index is 11.6. The maximum Gasteiger partial charge on any atom is 0.374 e. The monoisotopic (exact) mass is 287 g/mol. The molecule has 0 aromatic carbocycles. The van der Waals surface area contributed by atoms with Crippen LogP contribution in [0.25, 0.3) is 0 Å². The lowest BCUT2D eigenvalue weighted by molar-refractivity contribution is 0.0429. The second-order valence-electron chi connectivity index (χ2n) is 4.56. The number of aryl methyl sites for hydroxylation is 1. The lowest BCUT2D eigenvalue weighted by atomic mass is 10.3. The first-order valence-corrected chi connectivity index (χ1v) is 7.94. The predicted molar refractivity (Wildman–Crippen MR) is 68.8 cm³/mol. The van der Waals surface area contributed by atoms with E-state index in [-0.39, 0.29) is 23.9 Å². The van der Waals surface area contributed by atoms with E-state index in [1.54, 1.807) is 13.0 Å². The summed E-state index contributed by atoms with van der Waals surface area (Å²) in [5, 5.41) is 0. The number of hydrogen-bond acceptors (Lipinski definition) is 6. The predicted octanol–water partition coefficient (Wildman–Crippen LogP) is 0.475. The molecule has 2 heterocycles. The Morgan fingerprint density at radius 2 is 2.11 bits per heavy atom. The standard InChI is InChI=1S/C12H17NO5S/c1-10-2-6-17-11(10)12(14)18-7-3-13-4-8-19(15,16)9-5-13/h2,6H,3-5,7-9H2,1H3. The second kappa shape index (κ2) is 5.75. The van der Waals surface area contributed by atoms with E-state index in [2.05, 4.69) is 0 Å². The molecule has 2 rings (SSSR count). The van der Waals surface area contributed by atoms with E-state index in [0.717, 1.165) is 5.56 Å². The third kappa shape index (κ3) is 3.81. The van der Waals surface area contributed by atoms with Gasteiger partial charge < -0.3 is 9.15 Å². The quantitative estimate of drug-likeness (QED) is 0.749. The highest BCUT2D eigenvalue weighted by molar-refractivity contribution is 7.91. The van der Waals surface area contributed by atoms with Gasteiger partial charge in [-0.1, -0.05) is 0 Å². The van der Waals surface area contributed by atoms with E-state index in [1.807, 2.05) is 4.90 Å². The molecule has 1 aromatic heterocycles. The number of ether oxygens (including phenoxy) is 1. The molecule has 1 saturated heterocycles. The van der Waals surface area contributed by atoms with Crippen molar-refractivity contribution in [3.8, 4) is 0 Å². The minimum absolute atomic E-state index is 0.179. The lowest BCUT2D eigenvalue weighted by Gasteiger charge is -2.25. The highest BCUT2D eigenvalue weighted by atomic mass is 32.2. The molecule has 0 aliphatic carbocycles. The van der Waals surface area contributed by atoms with Gasteiger partial charge in [0.2, 0.25) is 5.76 Å². The van der Waals surface area contributed by atoms with Gasteiger partial charge in [-0.3, -0.25) is 4.90 Å². The molecular formula is C12H17NO5S. The van der Waals surface area contributed by atoms with Gasteiger partial charge in [-0.2, -0.15) is 0 Å². The van der Waals surface area contributed by atoms with E-state index < -0.39 is 15.8 Å². The molecule has 7 heteroatoms. The van der Waals surface area contributed by atoms with E-state index >= 15 is 0 Å². The van der Waals surface area contributed by atoms with Crippen molar-refractivity contribution in [2.45, 2.75) is 6.92 Å². The zero-order valence-electron chi connectivity index (χ0n) is 10.8. The van der Waals surface area contributed by atoms with Crippen LogP contribution >= 0.6 is 0 Å². The zero-order valence-corrected chi connectivity index (χ0v) is 11.6. The number of carbonyl (C=O) groups is 1. The summed E-state index contributed by atoms with van der Waals surface area (Å²) in [5.74, 6) is 0.101. The maximum atomic E-state index is 11.6. The van der Waals surface area contributed by atoms with Crippen molar-refractivity contribution in [2.24, 2.45) is 0 Å². The molecule has 1 aliphatic heterocycles. The summed E-state index contributed by atoms with van der Waals surface area (Å²) in [6, 6.07) is 1.70. The fourth-order valence-corrected chi connectivity index (χ4v) is 3.17. The van der Waals surface area contributed by atoms with Crippen LogP contribution in [0.2, 0.25) is 0 Å². The number of furan rings is 1. The third-order valence-electron chi connectivity index (χ3n) is 3.13. The number of nitrogens with zero attached hydrogens (tertiary/aromatic N) is 1. The van der Waals surface area contributed by atoms with Gasteiger partial charge in [0.15, 0.2) is 9.84 Å². The molecule has 0 spiro atoms. The SMILES string of the molecule is Cc1ccoc1C(=O)OCCN1CCS(=O)(=O)CC1. The highest BCUT2D eigenvalue weighted by Crippen LogP contribution is 2.10. The molecule has 1 aliphatic rings. The van der Waals surface area contributed by atoms with Crippen LogP contribution in [0.15, 0.2) is 16.7 Å². The van der Waals surface area contributed by atoms with Crippen molar-refractivity contribution in [1.82, 2.24) is 4.90 Å². The van der Waals surface area contributed by atoms with Crippen molar-refractivity contribution in [1.29, 1.82) is 0 Å². The third-order valence-corrected chi connectivity index (χ3v) is 4.73. The number of hydrogen-bond donors (Lipinski definition) is 0. The molecule has 106 valence electrons. The van der Waals surface area contributed by atoms with Gasteiger partial charge in [0.05, 0.1) is 17.8 Å². The Hall–Kier alpha value is -1.34. The Morgan fingerprint density at radius 3 is 2.68 bits per heavy atom. The Bertz CT molecular complexity index is 534. The van der Waals surface area contributed by atoms with Gasteiger partial charge in [-0.05, 0) is 13.0 Å². The fraction of sp³-hybridized carbons (Fsp3) is 0.583. The second-order valence-corrected chi connectivity index (χ2v) is 6.87. The largest absolute Gasteiger partial charge is 0.458 e. The molecule has 19 heavy (non-hydrogen) atoms. The molecule has 0 saturated carbocycles. The normalized spacial score (nSPS) is 19.2. The van der Waals surface area contributed by atoms with E-state index in [9.17, 15) is 13.2 Å². The first-order valence-electron chi connectivity index (χ1n) is 6.12. The van der Waals surface area contributed by atoms with Gasteiger partial charge in [-0.15, -0.1) is 0 Å². The fourth-order valence-electron chi connectivity index (χ4n) is 1.89. The van der Waals surface area contributed by atoms with Crippen molar-refractivity contribution in [3.63, 3.8) is 0 Å². The molecule has 1 fully saturated rings. The average molecular weight is 287 g/mol. The highest BCUT2D eigenvalue weighted by Gasteiger charge is 2.21. The van der Waals surface area contributed by atoms with Gasteiger partial charge in [0, 0.05) is 25.2 Å². The van der Waals surface area contributed by atoms with Crippen LogP contribution in [0.5, 0.6) is 0 Å². The minimum atomic E-state index is -2.86. The van der Waals surface area contributed by atoms with E-state index in [0.29, 0.717) is 19.6 Å². The summed E-state index contributed by atoms with van der Waals surface area (Å²) >= 11 is 0. The number of esters is 1. The first-order chi connectivity index (χ1) is 8.98.